The fourth-order valence-corrected chi connectivity index (χ4v) is 2.51. The maximum Gasteiger partial charge on any atom is 0.251 e. The van der Waals surface area contributed by atoms with Crippen molar-refractivity contribution >= 4 is 0 Å². The van der Waals surface area contributed by atoms with Gasteiger partial charge in [0.05, 0.1) is 5.56 Å². The Balaban J connectivity index is 2.18. The first kappa shape index (κ1) is 12.0. The van der Waals surface area contributed by atoms with E-state index in [2.05, 4.69) is 29.9 Å². The van der Waals surface area contributed by atoms with Crippen LogP contribution in [0.25, 0.3) is 11.4 Å². The molecule has 0 spiro atoms. The quantitative estimate of drug-likeness (QED) is 0.852. The Morgan fingerprint density at radius 2 is 2.16 bits per heavy atom. The summed E-state index contributed by atoms with van der Waals surface area (Å²) < 4.78 is 6.00. The van der Waals surface area contributed by atoms with E-state index in [1.54, 1.807) is 0 Å². The number of aromatic nitrogens is 2. The highest BCUT2D eigenvalue weighted by Gasteiger charge is 2.32. The Labute approximate surface area is 111 Å². The standard InChI is InChI=1S/C15H16N2O2/c1-9-7-12(18)17-14(16-9)11-6-4-5-10-8-15(2,3)19-13(10)11/h4-7H,8H2,1-3H3,(H,16,17,18). The monoisotopic (exact) mass is 256 g/mol. The summed E-state index contributed by atoms with van der Waals surface area (Å²) in [6.45, 7) is 5.93. The van der Waals surface area contributed by atoms with E-state index in [9.17, 15) is 4.79 Å². The lowest BCUT2D eigenvalue weighted by molar-refractivity contribution is 0.139. The van der Waals surface area contributed by atoms with Crippen molar-refractivity contribution in [3.05, 3.63) is 45.9 Å². The number of H-pyrrole nitrogens is 1. The lowest BCUT2D eigenvalue weighted by Gasteiger charge is -2.18. The Hall–Kier alpha value is -2.10. The van der Waals surface area contributed by atoms with Crippen molar-refractivity contribution < 1.29 is 4.74 Å². The summed E-state index contributed by atoms with van der Waals surface area (Å²) in [4.78, 5) is 18.7. The zero-order chi connectivity index (χ0) is 13.6. The van der Waals surface area contributed by atoms with Crippen LogP contribution >= 0.6 is 0 Å². The van der Waals surface area contributed by atoms with E-state index in [1.165, 1.54) is 6.07 Å². The van der Waals surface area contributed by atoms with Gasteiger partial charge >= 0.3 is 0 Å². The number of hydrogen-bond acceptors (Lipinski definition) is 3. The number of rotatable bonds is 1. The predicted molar refractivity (Wildman–Crippen MR) is 73.4 cm³/mol. The summed E-state index contributed by atoms with van der Waals surface area (Å²) in [6.07, 6.45) is 0.867. The van der Waals surface area contributed by atoms with Gasteiger partial charge in [-0.1, -0.05) is 12.1 Å². The second-order valence-electron chi connectivity index (χ2n) is 5.57. The molecule has 1 aromatic carbocycles. The number of aromatic amines is 1. The molecule has 0 bridgehead atoms. The smallest absolute Gasteiger partial charge is 0.251 e. The molecule has 1 aliphatic rings. The van der Waals surface area contributed by atoms with Gasteiger partial charge in [-0.3, -0.25) is 4.79 Å². The maximum atomic E-state index is 11.6. The average molecular weight is 256 g/mol. The van der Waals surface area contributed by atoms with Crippen LogP contribution in [0.1, 0.15) is 25.1 Å². The number of para-hydroxylation sites is 1. The van der Waals surface area contributed by atoms with Crippen molar-refractivity contribution in [3.8, 4) is 17.1 Å². The molecule has 1 N–H and O–H groups in total. The number of fused-ring (bicyclic) bond motifs is 1. The third-order valence-electron chi connectivity index (χ3n) is 3.22. The van der Waals surface area contributed by atoms with E-state index in [0.717, 1.165) is 23.3 Å². The van der Waals surface area contributed by atoms with Crippen molar-refractivity contribution in [1.29, 1.82) is 0 Å². The molecule has 19 heavy (non-hydrogen) atoms. The first-order valence-electron chi connectivity index (χ1n) is 6.34. The molecule has 0 aliphatic carbocycles. The summed E-state index contributed by atoms with van der Waals surface area (Å²) in [5.41, 5.74) is 2.37. The molecule has 1 aliphatic heterocycles. The summed E-state index contributed by atoms with van der Waals surface area (Å²) in [5.74, 6) is 1.40. The van der Waals surface area contributed by atoms with E-state index in [4.69, 9.17) is 4.74 Å². The van der Waals surface area contributed by atoms with Gasteiger partial charge in [0, 0.05) is 18.2 Å². The topological polar surface area (TPSA) is 55.0 Å². The largest absolute Gasteiger partial charge is 0.486 e. The van der Waals surface area contributed by atoms with Crippen LogP contribution in [-0.4, -0.2) is 15.6 Å². The summed E-state index contributed by atoms with van der Waals surface area (Å²) >= 11 is 0. The molecule has 0 amide bonds. The molecule has 0 saturated carbocycles. The molecule has 0 saturated heterocycles. The molecule has 4 heteroatoms. The number of aryl methyl sites for hydroxylation is 1. The molecule has 98 valence electrons. The Morgan fingerprint density at radius 1 is 1.37 bits per heavy atom. The third kappa shape index (κ3) is 2.14. The van der Waals surface area contributed by atoms with Crippen molar-refractivity contribution in [2.45, 2.75) is 32.8 Å². The van der Waals surface area contributed by atoms with Gasteiger partial charge in [-0.2, -0.15) is 0 Å². The van der Waals surface area contributed by atoms with Crippen molar-refractivity contribution in [2.24, 2.45) is 0 Å². The molecule has 1 aromatic heterocycles. The van der Waals surface area contributed by atoms with Gasteiger partial charge in [0.2, 0.25) is 0 Å². The highest BCUT2D eigenvalue weighted by molar-refractivity contribution is 5.68. The van der Waals surface area contributed by atoms with Crippen LogP contribution in [0.15, 0.2) is 29.1 Å². The Kier molecular flexibility index (Phi) is 2.49. The number of nitrogens with zero attached hydrogens (tertiary/aromatic N) is 1. The maximum absolute atomic E-state index is 11.6. The zero-order valence-corrected chi connectivity index (χ0v) is 11.3. The minimum Gasteiger partial charge on any atom is -0.486 e. The summed E-state index contributed by atoms with van der Waals surface area (Å²) in [5, 5.41) is 0. The SMILES string of the molecule is Cc1cc(=O)[nH]c(-c2cccc3c2OC(C)(C)C3)n1. The molecule has 0 atom stereocenters. The van der Waals surface area contributed by atoms with Crippen LogP contribution in [0.5, 0.6) is 5.75 Å². The van der Waals surface area contributed by atoms with E-state index in [0.29, 0.717) is 11.5 Å². The minimum atomic E-state index is -0.206. The van der Waals surface area contributed by atoms with E-state index >= 15 is 0 Å². The minimum absolute atomic E-state index is 0.141. The molecular weight excluding hydrogens is 240 g/mol. The number of benzene rings is 1. The highest BCUT2D eigenvalue weighted by atomic mass is 16.5. The molecule has 0 fully saturated rings. The van der Waals surface area contributed by atoms with Crippen LogP contribution in [0.2, 0.25) is 0 Å². The van der Waals surface area contributed by atoms with Crippen molar-refractivity contribution in [2.75, 3.05) is 0 Å². The zero-order valence-electron chi connectivity index (χ0n) is 11.3. The summed E-state index contributed by atoms with van der Waals surface area (Å²) in [7, 11) is 0. The van der Waals surface area contributed by atoms with Gasteiger partial charge in [0.25, 0.3) is 5.56 Å². The number of ether oxygens (including phenoxy) is 1. The van der Waals surface area contributed by atoms with Gasteiger partial charge in [-0.05, 0) is 32.4 Å². The van der Waals surface area contributed by atoms with E-state index in [-0.39, 0.29) is 11.2 Å². The lowest BCUT2D eigenvalue weighted by Crippen LogP contribution is -2.24. The molecule has 0 unspecified atom stereocenters. The molecule has 2 heterocycles. The second-order valence-corrected chi connectivity index (χ2v) is 5.57. The highest BCUT2D eigenvalue weighted by Crippen LogP contribution is 2.40. The van der Waals surface area contributed by atoms with Gasteiger partial charge in [0.15, 0.2) is 0 Å². The average Bonchev–Trinajstić information content (AvgIpc) is 2.60. The summed E-state index contributed by atoms with van der Waals surface area (Å²) in [6, 6.07) is 7.44. The first-order chi connectivity index (χ1) is 8.94. The third-order valence-corrected chi connectivity index (χ3v) is 3.22. The van der Waals surface area contributed by atoms with Crippen molar-refractivity contribution in [1.82, 2.24) is 9.97 Å². The predicted octanol–water partition coefficient (Wildman–Crippen LogP) is 2.46. The normalized spacial score (nSPS) is 15.9. The molecule has 0 radical (unpaired) electrons. The van der Waals surface area contributed by atoms with E-state index in [1.807, 2.05) is 19.1 Å². The van der Waals surface area contributed by atoms with Crippen LogP contribution < -0.4 is 10.3 Å². The van der Waals surface area contributed by atoms with Crippen molar-refractivity contribution in [3.63, 3.8) is 0 Å². The van der Waals surface area contributed by atoms with Crippen LogP contribution in [-0.2, 0) is 6.42 Å². The molecule has 2 aromatic rings. The first-order valence-corrected chi connectivity index (χ1v) is 6.34. The Bertz CT molecular complexity index is 702. The van der Waals surface area contributed by atoms with Gasteiger partial charge in [-0.25, -0.2) is 4.98 Å². The fourth-order valence-electron chi connectivity index (χ4n) is 2.51. The fraction of sp³-hybridized carbons (Fsp3) is 0.333. The van der Waals surface area contributed by atoms with Crippen LogP contribution in [0.3, 0.4) is 0 Å². The molecular formula is C15H16N2O2. The van der Waals surface area contributed by atoms with Gasteiger partial charge < -0.3 is 9.72 Å². The Morgan fingerprint density at radius 3 is 2.89 bits per heavy atom. The number of nitrogens with one attached hydrogen (secondary N) is 1. The van der Waals surface area contributed by atoms with Gasteiger partial charge in [0.1, 0.15) is 17.2 Å². The van der Waals surface area contributed by atoms with E-state index < -0.39 is 0 Å². The second kappa shape index (κ2) is 3.95. The molecule has 4 nitrogen and oxygen atoms in total. The van der Waals surface area contributed by atoms with Crippen LogP contribution in [0.4, 0.5) is 0 Å². The van der Waals surface area contributed by atoms with Gasteiger partial charge in [-0.15, -0.1) is 0 Å². The molecule has 3 rings (SSSR count). The van der Waals surface area contributed by atoms with Crippen LogP contribution in [0, 0.1) is 6.92 Å². The number of hydrogen-bond donors (Lipinski definition) is 1. The lowest BCUT2D eigenvalue weighted by atomic mass is 10.0.